The average Bonchev–Trinajstić information content (AvgIpc) is 2.93. The Morgan fingerprint density at radius 3 is 2.90 bits per heavy atom. The van der Waals surface area contributed by atoms with Crippen LogP contribution in [0.1, 0.15) is 37.2 Å². The second-order valence-electron chi connectivity index (χ2n) is 4.84. The molecule has 20 heavy (non-hydrogen) atoms. The van der Waals surface area contributed by atoms with Crippen LogP contribution in [0.3, 0.4) is 0 Å². The van der Waals surface area contributed by atoms with Crippen LogP contribution >= 0.6 is 0 Å². The summed E-state index contributed by atoms with van der Waals surface area (Å²) in [5.41, 5.74) is 2.40. The zero-order valence-electron chi connectivity index (χ0n) is 12.3. The molecule has 3 heteroatoms. The molecule has 0 radical (unpaired) electrons. The van der Waals surface area contributed by atoms with Crippen molar-refractivity contribution in [1.82, 2.24) is 5.32 Å². The molecule has 0 unspecified atom stereocenters. The van der Waals surface area contributed by atoms with Crippen molar-refractivity contribution in [2.75, 3.05) is 6.54 Å². The molecule has 2 aromatic rings. The first-order valence-electron chi connectivity index (χ1n) is 7.31. The Balaban J connectivity index is 1.91. The van der Waals surface area contributed by atoms with Crippen molar-refractivity contribution in [3.63, 3.8) is 0 Å². The lowest BCUT2D eigenvalue weighted by Crippen LogP contribution is -2.14. The first kappa shape index (κ1) is 14.7. The van der Waals surface area contributed by atoms with E-state index in [4.69, 9.17) is 9.15 Å². The van der Waals surface area contributed by atoms with Gasteiger partial charge in [0.1, 0.15) is 18.1 Å². The van der Waals surface area contributed by atoms with Gasteiger partial charge < -0.3 is 14.5 Å². The van der Waals surface area contributed by atoms with Gasteiger partial charge >= 0.3 is 0 Å². The minimum Gasteiger partial charge on any atom is -0.489 e. The highest BCUT2D eigenvalue weighted by Crippen LogP contribution is 2.17. The molecule has 0 atom stereocenters. The van der Waals surface area contributed by atoms with Gasteiger partial charge in [-0.2, -0.15) is 0 Å². The minimum absolute atomic E-state index is 0.548. The minimum atomic E-state index is 0.548. The van der Waals surface area contributed by atoms with Crippen molar-refractivity contribution in [3.8, 4) is 5.75 Å². The smallest absolute Gasteiger partial charge is 0.124 e. The van der Waals surface area contributed by atoms with E-state index in [-0.39, 0.29) is 0 Å². The van der Waals surface area contributed by atoms with Gasteiger partial charge in [0.25, 0.3) is 0 Å². The maximum absolute atomic E-state index is 5.85. The second kappa shape index (κ2) is 7.75. The quantitative estimate of drug-likeness (QED) is 0.740. The van der Waals surface area contributed by atoms with Crippen LogP contribution in [0.2, 0.25) is 0 Å². The highest BCUT2D eigenvalue weighted by molar-refractivity contribution is 5.29. The van der Waals surface area contributed by atoms with E-state index in [1.54, 1.807) is 6.26 Å². The number of furan rings is 1. The molecule has 0 aliphatic carbocycles. The summed E-state index contributed by atoms with van der Waals surface area (Å²) < 4.78 is 11.4. The van der Waals surface area contributed by atoms with Crippen LogP contribution in [0.15, 0.2) is 41.0 Å². The Morgan fingerprint density at radius 1 is 1.20 bits per heavy atom. The van der Waals surface area contributed by atoms with E-state index in [0.29, 0.717) is 6.61 Å². The molecule has 0 saturated carbocycles. The van der Waals surface area contributed by atoms with Crippen molar-refractivity contribution >= 4 is 0 Å². The first-order valence-corrected chi connectivity index (χ1v) is 7.31. The van der Waals surface area contributed by atoms with E-state index in [1.165, 1.54) is 5.56 Å². The molecule has 2 rings (SSSR count). The maximum Gasteiger partial charge on any atom is 0.124 e. The van der Waals surface area contributed by atoms with Crippen LogP contribution in [0.5, 0.6) is 5.75 Å². The van der Waals surface area contributed by atoms with E-state index in [0.717, 1.165) is 43.0 Å². The molecule has 0 saturated heterocycles. The monoisotopic (exact) mass is 273 g/mol. The lowest BCUT2D eigenvalue weighted by molar-refractivity contribution is 0.301. The van der Waals surface area contributed by atoms with Crippen LogP contribution in [-0.2, 0) is 19.6 Å². The van der Waals surface area contributed by atoms with E-state index in [1.807, 2.05) is 18.2 Å². The molecule has 1 aromatic carbocycles. The Bertz CT molecular complexity index is 519. The van der Waals surface area contributed by atoms with Gasteiger partial charge in [0.15, 0.2) is 0 Å². The van der Waals surface area contributed by atoms with Gasteiger partial charge in [-0.1, -0.05) is 26.0 Å². The Labute approximate surface area is 121 Å². The zero-order valence-corrected chi connectivity index (χ0v) is 12.3. The van der Waals surface area contributed by atoms with Gasteiger partial charge in [0.05, 0.1) is 12.8 Å². The maximum atomic E-state index is 5.85. The lowest BCUT2D eigenvalue weighted by Gasteiger charge is -2.08. The first-order chi connectivity index (χ1) is 9.83. The fourth-order valence-electron chi connectivity index (χ4n) is 2.05. The molecular formula is C17H23NO2. The van der Waals surface area contributed by atoms with Gasteiger partial charge in [-0.25, -0.2) is 0 Å². The van der Waals surface area contributed by atoms with Crippen molar-refractivity contribution in [3.05, 3.63) is 53.5 Å². The average molecular weight is 273 g/mol. The van der Waals surface area contributed by atoms with E-state index in [2.05, 4.69) is 31.3 Å². The summed E-state index contributed by atoms with van der Waals surface area (Å²) in [5.74, 6) is 1.88. The van der Waals surface area contributed by atoms with E-state index >= 15 is 0 Å². The van der Waals surface area contributed by atoms with Crippen molar-refractivity contribution < 1.29 is 9.15 Å². The summed E-state index contributed by atoms with van der Waals surface area (Å²) >= 11 is 0. The Morgan fingerprint density at radius 2 is 2.10 bits per heavy atom. The summed E-state index contributed by atoms with van der Waals surface area (Å²) in [6.07, 6.45) is 3.87. The largest absolute Gasteiger partial charge is 0.489 e. The summed E-state index contributed by atoms with van der Waals surface area (Å²) in [4.78, 5) is 0. The van der Waals surface area contributed by atoms with Gasteiger partial charge in [-0.05, 0) is 43.1 Å². The highest BCUT2D eigenvalue weighted by Gasteiger charge is 2.07. The van der Waals surface area contributed by atoms with Crippen molar-refractivity contribution in [2.45, 2.75) is 39.8 Å². The third-order valence-electron chi connectivity index (χ3n) is 3.25. The molecule has 0 fully saturated rings. The van der Waals surface area contributed by atoms with Gasteiger partial charge in [-0.15, -0.1) is 0 Å². The summed E-state index contributed by atoms with van der Waals surface area (Å²) in [6.45, 7) is 6.60. The topological polar surface area (TPSA) is 34.4 Å². The number of rotatable bonds is 8. The fraction of sp³-hybridized carbons (Fsp3) is 0.412. The summed E-state index contributed by atoms with van der Waals surface area (Å²) in [5, 5.41) is 3.34. The van der Waals surface area contributed by atoms with Crippen LogP contribution in [0.4, 0.5) is 0 Å². The van der Waals surface area contributed by atoms with Crippen molar-refractivity contribution in [2.24, 2.45) is 0 Å². The zero-order chi connectivity index (χ0) is 14.2. The number of hydrogen-bond acceptors (Lipinski definition) is 3. The predicted molar refractivity (Wildman–Crippen MR) is 80.9 cm³/mol. The number of hydrogen-bond donors (Lipinski definition) is 1. The molecule has 3 nitrogen and oxygen atoms in total. The molecular weight excluding hydrogens is 250 g/mol. The molecule has 1 aromatic heterocycles. The third-order valence-corrected chi connectivity index (χ3v) is 3.25. The molecule has 0 aliphatic heterocycles. The molecule has 0 aliphatic rings. The van der Waals surface area contributed by atoms with E-state index in [9.17, 15) is 0 Å². The van der Waals surface area contributed by atoms with Gasteiger partial charge in [-0.3, -0.25) is 0 Å². The third kappa shape index (κ3) is 4.14. The van der Waals surface area contributed by atoms with Crippen LogP contribution in [-0.4, -0.2) is 6.54 Å². The highest BCUT2D eigenvalue weighted by atomic mass is 16.5. The van der Waals surface area contributed by atoms with Crippen LogP contribution in [0, 0.1) is 0 Å². The van der Waals surface area contributed by atoms with Gasteiger partial charge in [0.2, 0.25) is 0 Å². The van der Waals surface area contributed by atoms with Gasteiger partial charge in [0, 0.05) is 5.56 Å². The predicted octanol–water partition coefficient (Wildman–Crippen LogP) is 3.92. The fourth-order valence-corrected chi connectivity index (χ4v) is 2.05. The molecule has 0 bridgehead atoms. The number of benzene rings is 1. The van der Waals surface area contributed by atoms with Crippen LogP contribution < -0.4 is 10.1 Å². The molecule has 1 heterocycles. The Hall–Kier alpha value is -1.74. The summed E-state index contributed by atoms with van der Waals surface area (Å²) in [7, 11) is 0. The van der Waals surface area contributed by atoms with E-state index < -0.39 is 0 Å². The summed E-state index contributed by atoms with van der Waals surface area (Å²) in [6, 6.07) is 10.2. The number of ether oxygens (including phenoxy) is 1. The lowest BCUT2D eigenvalue weighted by atomic mass is 10.2. The Kier molecular flexibility index (Phi) is 5.69. The number of aryl methyl sites for hydroxylation is 1. The normalized spacial score (nSPS) is 10.7. The van der Waals surface area contributed by atoms with Crippen LogP contribution in [0.25, 0.3) is 0 Å². The standard InChI is InChI=1S/C17H23NO2/c1-3-9-18-12-17-15(8-10-19-17)13-20-16-7-5-6-14(4-2)11-16/h5-8,10-11,18H,3-4,9,12-13H2,1-2H3. The molecule has 0 spiro atoms. The SMILES string of the molecule is CCCNCc1occc1COc1cccc(CC)c1. The molecule has 108 valence electrons. The molecule has 1 N–H and O–H groups in total. The number of nitrogens with one attached hydrogen (secondary N) is 1. The van der Waals surface area contributed by atoms with Crippen molar-refractivity contribution in [1.29, 1.82) is 0 Å². The molecule has 0 amide bonds. The second-order valence-corrected chi connectivity index (χ2v) is 4.84.